The van der Waals surface area contributed by atoms with Crippen molar-refractivity contribution in [2.45, 2.75) is 13.5 Å². The third-order valence-electron chi connectivity index (χ3n) is 4.02. The number of anilines is 1. The Bertz CT molecular complexity index is 837. The predicted molar refractivity (Wildman–Crippen MR) is 90.7 cm³/mol. The maximum atomic E-state index is 11.4. The SMILES string of the molecule is COC(=O)c1ccc(N(C)Cc2[nH]c3ccccc3c2C)nc1. The molecule has 0 unspecified atom stereocenters. The van der Waals surface area contributed by atoms with E-state index in [0.29, 0.717) is 12.1 Å². The molecule has 1 aromatic carbocycles. The molecule has 1 N–H and O–H groups in total. The normalized spacial score (nSPS) is 10.7. The van der Waals surface area contributed by atoms with Gasteiger partial charge in [-0.15, -0.1) is 0 Å². The maximum absolute atomic E-state index is 11.4. The van der Waals surface area contributed by atoms with E-state index >= 15 is 0 Å². The first kappa shape index (κ1) is 15.1. The molecule has 0 bridgehead atoms. The number of ether oxygens (including phenoxy) is 1. The topological polar surface area (TPSA) is 58.2 Å². The second kappa shape index (κ2) is 6.12. The number of hydrogen-bond acceptors (Lipinski definition) is 4. The molecule has 0 atom stereocenters. The van der Waals surface area contributed by atoms with Crippen molar-refractivity contribution in [3.63, 3.8) is 0 Å². The molecule has 0 aliphatic carbocycles. The minimum atomic E-state index is -0.377. The molecular weight excluding hydrogens is 290 g/mol. The van der Waals surface area contributed by atoms with Crippen LogP contribution in [0.3, 0.4) is 0 Å². The number of benzene rings is 1. The number of hydrogen-bond donors (Lipinski definition) is 1. The fourth-order valence-electron chi connectivity index (χ4n) is 2.66. The van der Waals surface area contributed by atoms with Crippen LogP contribution in [0.25, 0.3) is 10.9 Å². The molecule has 2 aromatic heterocycles. The first-order chi connectivity index (χ1) is 11.1. The zero-order chi connectivity index (χ0) is 16.4. The van der Waals surface area contributed by atoms with Gasteiger partial charge in [0.25, 0.3) is 0 Å². The molecule has 0 spiro atoms. The van der Waals surface area contributed by atoms with Gasteiger partial charge in [-0.05, 0) is 30.7 Å². The minimum absolute atomic E-state index is 0.377. The third kappa shape index (κ3) is 2.90. The van der Waals surface area contributed by atoms with E-state index in [1.165, 1.54) is 24.3 Å². The monoisotopic (exact) mass is 309 g/mol. The van der Waals surface area contributed by atoms with Gasteiger partial charge >= 0.3 is 5.97 Å². The highest BCUT2D eigenvalue weighted by molar-refractivity contribution is 5.89. The molecule has 3 aromatic rings. The van der Waals surface area contributed by atoms with E-state index in [0.717, 1.165) is 17.0 Å². The van der Waals surface area contributed by atoms with Crippen molar-refractivity contribution >= 4 is 22.7 Å². The Kier molecular flexibility index (Phi) is 4.02. The number of carbonyl (C=O) groups excluding carboxylic acids is 1. The first-order valence-corrected chi connectivity index (χ1v) is 7.42. The number of H-pyrrole nitrogens is 1. The van der Waals surface area contributed by atoms with Gasteiger partial charge in [0, 0.05) is 29.8 Å². The number of aryl methyl sites for hydroxylation is 1. The predicted octanol–water partition coefficient (Wildman–Crippen LogP) is 3.29. The highest BCUT2D eigenvalue weighted by Crippen LogP contribution is 2.23. The van der Waals surface area contributed by atoms with Gasteiger partial charge in [-0.2, -0.15) is 0 Å². The number of rotatable bonds is 4. The summed E-state index contributed by atoms with van der Waals surface area (Å²) in [6, 6.07) is 11.8. The molecule has 23 heavy (non-hydrogen) atoms. The lowest BCUT2D eigenvalue weighted by Crippen LogP contribution is -2.18. The highest BCUT2D eigenvalue weighted by atomic mass is 16.5. The van der Waals surface area contributed by atoms with Crippen molar-refractivity contribution in [1.29, 1.82) is 0 Å². The summed E-state index contributed by atoms with van der Waals surface area (Å²) in [6.45, 7) is 2.83. The van der Waals surface area contributed by atoms with Crippen molar-refractivity contribution in [2.24, 2.45) is 0 Å². The van der Waals surface area contributed by atoms with E-state index < -0.39 is 0 Å². The fourth-order valence-corrected chi connectivity index (χ4v) is 2.66. The molecule has 0 amide bonds. The van der Waals surface area contributed by atoms with E-state index in [-0.39, 0.29) is 5.97 Å². The number of fused-ring (bicyclic) bond motifs is 1. The molecular formula is C18H19N3O2. The number of aromatic amines is 1. The van der Waals surface area contributed by atoms with Gasteiger partial charge in [0.15, 0.2) is 0 Å². The van der Waals surface area contributed by atoms with Gasteiger partial charge < -0.3 is 14.6 Å². The molecule has 0 fully saturated rings. The average Bonchev–Trinajstić information content (AvgIpc) is 2.90. The standard InChI is InChI=1S/C18H19N3O2/c1-12-14-6-4-5-7-15(14)20-16(12)11-21(2)17-9-8-13(10-19-17)18(22)23-3/h4-10,20H,11H2,1-3H3. The smallest absolute Gasteiger partial charge is 0.339 e. The van der Waals surface area contributed by atoms with Crippen molar-refractivity contribution < 1.29 is 9.53 Å². The van der Waals surface area contributed by atoms with E-state index in [1.54, 1.807) is 6.07 Å². The number of nitrogens with one attached hydrogen (secondary N) is 1. The fraction of sp³-hybridized carbons (Fsp3) is 0.222. The number of methoxy groups -OCH3 is 1. The summed E-state index contributed by atoms with van der Waals surface area (Å²) in [7, 11) is 3.34. The van der Waals surface area contributed by atoms with Gasteiger partial charge in [-0.3, -0.25) is 0 Å². The molecule has 5 heteroatoms. The second-order valence-corrected chi connectivity index (χ2v) is 5.53. The zero-order valence-corrected chi connectivity index (χ0v) is 13.5. The lowest BCUT2D eigenvalue weighted by Gasteiger charge is -2.18. The maximum Gasteiger partial charge on any atom is 0.339 e. The molecule has 0 aliphatic rings. The average molecular weight is 309 g/mol. The summed E-state index contributed by atoms with van der Waals surface area (Å²) >= 11 is 0. The Morgan fingerprint density at radius 3 is 2.70 bits per heavy atom. The van der Waals surface area contributed by atoms with Crippen molar-refractivity contribution in [3.8, 4) is 0 Å². The number of pyridine rings is 1. The number of esters is 1. The first-order valence-electron chi connectivity index (χ1n) is 7.42. The number of para-hydroxylation sites is 1. The summed E-state index contributed by atoms with van der Waals surface area (Å²) in [5, 5.41) is 1.24. The largest absolute Gasteiger partial charge is 0.465 e. The minimum Gasteiger partial charge on any atom is -0.465 e. The third-order valence-corrected chi connectivity index (χ3v) is 4.02. The number of carbonyl (C=O) groups is 1. The molecule has 118 valence electrons. The molecule has 0 radical (unpaired) electrons. The Hall–Kier alpha value is -2.82. The van der Waals surface area contributed by atoms with Crippen LogP contribution in [-0.2, 0) is 11.3 Å². The van der Waals surface area contributed by atoms with Crippen LogP contribution in [0, 0.1) is 6.92 Å². The van der Waals surface area contributed by atoms with Gasteiger partial charge in [0.1, 0.15) is 5.82 Å². The molecule has 5 nitrogen and oxygen atoms in total. The van der Waals surface area contributed by atoms with Crippen LogP contribution in [0.15, 0.2) is 42.6 Å². The number of aromatic nitrogens is 2. The molecule has 3 rings (SSSR count). The van der Waals surface area contributed by atoms with Crippen LogP contribution in [0.1, 0.15) is 21.6 Å². The molecule has 0 saturated heterocycles. The summed E-state index contributed by atoms with van der Waals surface area (Å²) in [5.41, 5.74) is 4.00. The molecule has 2 heterocycles. The number of nitrogens with zero attached hydrogens (tertiary/aromatic N) is 2. The Morgan fingerprint density at radius 1 is 1.26 bits per heavy atom. The van der Waals surface area contributed by atoms with Crippen LogP contribution < -0.4 is 4.90 Å². The van der Waals surface area contributed by atoms with Gasteiger partial charge in [0.2, 0.25) is 0 Å². The quantitative estimate of drug-likeness (QED) is 0.751. The Balaban J connectivity index is 1.81. The second-order valence-electron chi connectivity index (χ2n) is 5.53. The van der Waals surface area contributed by atoms with Crippen LogP contribution in [0.5, 0.6) is 0 Å². The van der Waals surface area contributed by atoms with Crippen molar-refractivity contribution in [3.05, 3.63) is 59.4 Å². The Morgan fingerprint density at radius 2 is 2.04 bits per heavy atom. The van der Waals surface area contributed by atoms with Crippen LogP contribution in [0.4, 0.5) is 5.82 Å². The van der Waals surface area contributed by atoms with Gasteiger partial charge in [0.05, 0.1) is 19.2 Å². The van der Waals surface area contributed by atoms with Gasteiger partial charge in [-0.25, -0.2) is 9.78 Å². The molecule has 0 saturated carbocycles. The van der Waals surface area contributed by atoms with Crippen LogP contribution in [0.2, 0.25) is 0 Å². The summed E-state index contributed by atoms with van der Waals surface area (Å²) in [6.07, 6.45) is 1.54. The lowest BCUT2D eigenvalue weighted by molar-refractivity contribution is 0.0600. The van der Waals surface area contributed by atoms with E-state index in [1.807, 2.05) is 30.1 Å². The van der Waals surface area contributed by atoms with Crippen LogP contribution in [-0.4, -0.2) is 30.1 Å². The summed E-state index contributed by atoms with van der Waals surface area (Å²) in [5.74, 6) is 0.425. The van der Waals surface area contributed by atoms with E-state index in [9.17, 15) is 4.79 Å². The van der Waals surface area contributed by atoms with Crippen molar-refractivity contribution in [2.75, 3.05) is 19.1 Å². The summed E-state index contributed by atoms with van der Waals surface area (Å²) in [4.78, 5) is 21.3. The van der Waals surface area contributed by atoms with E-state index in [4.69, 9.17) is 0 Å². The van der Waals surface area contributed by atoms with E-state index in [2.05, 4.69) is 33.8 Å². The molecule has 0 aliphatic heterocycles. The Labute approximate surface area is 134 Å². The lowest BCUT2D eigenvalue weighted by atomic mass is 10.1. The zero-order valence-electron chi connectivity index (χ0n) is 13.5. The summed E-state index contributed by atoms with van der Waals surface area (Å²) < 4.78 is 4.68. The van der Waals surface area contributed by atoms with Gasteiger partial charge in [-0.1, -0.05) is 18.2 Å². The van der Waals surface area contributed by atoms with Crippen molar-refractivity contribution in [1.82, 2.24) is 9.97 Å². The van der Waals surface area contributed by atoms with Crippen LogP contribution >= 0.6 is 0 Å². The highest BCUT2D eigenvalue weighted by Gasteiger charge is 2.12.